The minimum Gasteiger partial charge on any atom is -0.365 e. The summed E-state index contributed by atoms with van der Waals surface area (Å²) in [7, 11) is 2.05. The molecule has 0 spiro atoms. The molecule has 0 unspecified atom stereocenters. The number of hydrogen-bond acceptors (Lipinski definition) is 5. The van der Waals surface area contributed by atoms with Crippen molar-refractivity contribution in [3.8, 4) is 0 Å². The molecule has 0 fully saturated rings. The maximum Gasteiger partial charge on any atom is 0.251 e. The molecule has 0 radical (unpaired) electrons. The molecule has 0 atom stereocenters. The van der Waals surface area contributed by atoms with E-state index in [9.17, 15) is 9.59 Å². The quantitative estimate of drug-likeness (QED) is 0.546. The minimum atomic E-state index is -0.456. The fourth-order valence-electron chi connectivity index (χ4n) is 3.13. The van der Waals surface area contributed by atoms with Crippen molar-refractivity contribution < 1.29 is 9.59 Å². The predicted octanol–water partition coefficient (Wildman–Crippen LogP) is 3.65. The van der Waals surface area contributed by atoms with Gasteiger partial charge in [0.1, 0.15) is 5.00 Å². The second-order valence-corrected chi connectivity index (χ2v) is 9.15. The Labute approximate surface area is 168 Å². The van der Waals surface area contributed by atoms with Crippen molar-refractivity contribution in [3.63, 3.8) is 0 Å². The van der Waals surface area contributed by atoms with Crippen LogP contribution in [-0.4, -0.2) is 36.1 Å². The van der Waals surface area contributed by atoms with E-state index in [1.807, 2.05) is 0 Å². The van der Waals surface area contributed by atoms with E-state index in [0.29, 0.717) is 17.0 Å². The fraction of sp³-hybridized carbons (Fsp3) is 0.400. The van der Waals surface area contributed by atoms with Crippen molar-refractivity contribution >= 4 is 39.9 Å². The molecule has 3 N–H and O–H groups in total. The van der Waals surface area contributed by atoms with Crippen molar-refractivity contribution in [2.24, 2.45) is 5.73 Å². The van der Waals surface area contributed by atoms with Crippen molar-refractivity contribution in [2.45, 2.75) is 37.6 Å². The summed E-state index contributed by atoms with van der Waals surface area (Å²) < 4.78 is 0. The first-order valence-corrected chi connectivity index (χ1v) is 10.9. The van der Waals surface area contributed by atoms with Crippen LogP contribution in [0.25, 0.3) is 0 Å². The Bertz CT molecular complexity index is 830. The number of thiophene rings is 1. The molecule has 2 aromatic rings. The van der Waals surface area contributed by atoms with Crippen molar-refractivity contribution in [1.29, 1.82) is 0 Å². The lowest BCUT2D eigenvalue weighted by Gasteiger charge is -2.22. The standard InChI is InChI=1S/C20H25N3O2S2/c1-13-5-7-14(8-6-13)26-11-3-4-17(24)22-20-18(19(21)25)15-9-10-23(2)12-16(15)27-20/h5-8H,3-4,9-12H2,1-2H3,(H2,21,25)(H,22,24). The Morgan fingerprint density at radius 3 is 2.74 bits per heavy atom. The highest BCUT2D eigenvalue weighted by atomic mass is 32.2. The van der Waals surface area contributed by atoms with Gasteiger partial charge in [0.05, 0.1) is 5.56 Å². The number of carbonyl (C=O) groups is 2. The number of nitrogens with one attached hydrogen (secondary N) is 1. The first-order chi connectivity index (χ1) is 12.9. The van der Waals surface area contributed by atoms with Gasteiger partial charge < -0.3 is 16.0 Å². The first kappa shape index (κ1) is 19.9. The highest BCUT2D eigenvalue weighted by Crippen LogP contribution is 2.36. The molecule has 1 aromatic carbocycles. The Balaban J connectivity index is 1.54. The van der Waals surface area contributed by atoms with Gasteiger partial charge >= 0.3 is 0 Å². The molecule has 144 valence electrons. The monoisotopic (exact) mass is 403 g/mol. The molecule has 2 amide bonds. The highest BCUT2D eigenvalue weighted by molar-refractivity contribution is 7.99. The molecule has 0 saturated heterocycles. The van der Waals surface area contributed by atoms with Crippen LogP contribution in [0.15, 0.2) is 29.2 Å². The van der Waals surface area contributed by atoms with Crippen molar-refractivity contribution in [2.75, 3.05) is 24.7 Å². The Morgan fingerprint density at radius 2 is 2.04 bits per heavy atom. The lowest BCUT2D eigenvalue weighted by molar-refractivity contribution is -0.116. The summed E-state index contributed by atoms with van der Waals surface area (Å²) in [6, 6.07) is 8.39. The van der Waals surface area contributed by atoms with Gasteiger partial charge in [-0.3, -0.25) is 9.59 Å². The van der Waals surface area contributed by atoms with E-state index in [0.717, 1.165) is 42.1 Å². The molecule has 5 nitrogen and oxygen atoms in total. The topological polar surface area (TPSA) is 75.4 Å². The van der Waals surface area contributed by atoms with E-state index < -0.39 is 5.91 Å². The summed E-state index contributed by atoms with van der Waals surface area (Å²) >= 11 is 3.23. The number of aryl methyl sites for hydroxylation is 1. The summed E-state index contributed by atoms with van der Waals surface area (Å²) in [4.78, 5) is 28.8. The lowest BCUT2D eigenvalue weighted by atomic mass is 10.0. The van der Waals surface area contributed by atoms with E-state index in [-0.39, 0.29) is 5.91 Å². The molecule has 1 aromatic heterocycles. The Morgan fingerprint density at radius 1 is 1.30 bits per heavy atom. The van der Waals surface area contributed by atoms with Gasteiger partial charge in [0.2, 0.25) is 5.91 Å². The van der Waals surface area contributed by atoms with E-state index >= 15 is 0 Å². The molecule has 0 saturated carbocycles. The second kappa shape index (κ2) is 8.91. The van der Waals surface area contributed by atoms with Gasteiger partial charge in [-0.1, -0.05) is 17.7 Å². The van der Waals surface area contributed by atoms with Crippen LogP contribution in [0.2, 0.25) is 0 Å². The number of thioether (sulfide) groups is 1. The average Bonchev–Trinajstić information content (AvgIpc) is 2.97. The van der Waals surface area contributed by atoms with E-state index in [2.05, 4.69) is 48.5 Å². The molecular formula is C20H25N3O2S2. The number of anilines is 1. The number of rotatable bonds is 7. The number of primary amides is 1. The summed E-state index contributed by atoms with van der Waals surface area (Å²) in [5, 5.41) is 3.53. The summed E-state index contributed by atoms with van der Waals surface area (Å²) in [6.07, 6.45) is 2.01. The molecule has 1 aliphatic heterocycles. The Hall–Kier alpha value is -1.83. The number of amides is 2. The van der Waals surface area contributed by atoms with Crippen LogP contribution < -0.4 is 11.1 Å². The van der Waals surface area contributed by atoms with Crippen LogP contribution >= 0.6 is 23.1 Å². The molecule has 0 aliphatic carbocycles. The maximum atomic E-state index is 12.3. The average molecular weight is 404 g/mol. The first-order valence-electron chi connectivity index (χ1n) is 9.06. The fourth-order valence-corrected chi connectivity index (χ4v) is 5.33. The van der Waals surface area contributed by atoms with Gasteiger partial charge in [-0.05, 0) is 50.3 Å². The number of hydrogen-bond donors (Lipinski definition) is 2. The zero-order valence-corrected chi connectivity index (χ0v) is 17.3. The van der Waals surface area contributed by atoms with Gasteiger partial charge in [0, 0.05) is 29.3 Å². The number of likely N-dealkylation sites (N-methyl/N-ethyl adjacent to an activating group) is 1. The molecule has 2 heterocycles. The summed E-state index contributed by atoms with van der Waals surface area (Å²) in [6.45, 7) is 3.76. The molecule has 3 rings (SSSR count). The predicted molar refractivity (Wildman–Crippen MR) is 113 cm³/mol. The summed E-state index contributed by atoms with van der Waals surface area (Å²) in [5.74, 6) is 0.362. The molecule has 27 heavy (non-hydrogen) atoms. The van der Waals surface area contributed by atoms with E-state index in [4.69, 9.17) is 5.73 Å². The number of nitrogens with zero attached hydrogens (tertiary/aromatic N) is 1. The number of fused-ring (bicyclic) bond motifs is 1. The van der Waals surface area contributed by atoms with Gasteiger partial charge in [-0.2, -0.15) is 0 Å². The minimum absolute atomic E-state index is 0.0612. The SMILES string of the molecule is Cc1ccc(SCCCC(=O)Nc2sc3c(c2C(N)=O)CCN(C)C3)cc1. The molecule has 0 bridgehead atoms. The van der Waals surface area contributed by atoms with Gasteiger partial charge in [0.15, 0.2) is 0 Å². The number of benzene rings is 1. The van der Waals surface area contributed by atoms with Crippen LogP contribution in [-0.2, 0) is 17.8 Å². The van der Waals surface area contributed by atoms with Crippen molar-refractivity contribution in [3.05, 3.63) is 45.8 Å². The normalized spacial score (nSPS) is 14.0. The molecule has 7 heteroatoms. The Kier molecular flexibility index (Phi) is 6.57. The van der Waals surface area contributed by atoms with Crippen LogP contribution in [0, 0.1) is 6.92 Å². The number of carbonyl (C=O) groups excluding carboxylic acids is 2. The van der Waals surface area contributed by atoms with Crippen LogP contribution in [0.4, 0.5) is 5.00 Å². The largest absolute Gasteiger partial charge is 0.365 e. The van der Waals surface area contributed by atoms with Gasteiger partial charge in [-0.25, -0.2) is 0 Å². The molecule has 1 aliphatic rings. The highest BCUT2D eigenvalue weighted by Gasteiger charge is 2.26. The zero-order chi connectivity index (χ0) is 19.4. The third-order valence-corrected chi connectivity index (χ3v) is 6.82. The van der Waals surface area contributed by atoms with E-state index in [1.54, 1.807) is 11.8 Å². The molecular weight excluding hydrogens is 378 g/mol. The third-order valence-electron chi connectivity index (χ3n) is 4.58. The van der Waals surface area contributed by atoms with Crippen LogP contribution in [0.3, 0.4) is 0 Å². The second-order valence-electron chi connectivity index (χ2n) is 6.87. The van der Waals surface area contributed by atoms with Crippen molar-refractivity contribution in [1.82, 2.24) is 4.90 Å². The van der Waals surface area contributed by atoms with Gasteiger partial charge in [-0.15, -0.1) is 23.1 Å². The lowest BCUT2D eigenvalue weighted by Crippen LogP contribution is -2.27. The van der Waals surface area contributed by atoms with Crippen LogP contribution in [0.1, 0.15) is 39.2 Å². The number of nitrogens with two attached hydrogens (primary N) is 1. The zero-order valence-electron chi connectivity index (χ0n) is 15.7. The van der Waals surface area contributed by atoms with Crippen LogP contribution in [0.5, 0.6) is 0 Å². The third kappa shape index (κ3) is 5.12. The smallest absolute Gasteiger partial charge is 0.251 e. The summed E-state index contributed by atoms with van der Waals surface area (Å²) in [5.41, 5.74) is 8.35. The van der Waals surface area contributed by atoms with Gasteiger partial charge in [0.25, 0.3) is 5.91 Å². The van der Waals surface area contributed by atoms with E-state index in [1.165, 1.54) is 21.8 Å². The maximum absolute atomic E-state index is 12.3.